The molecule has 0 amide bonds. The van der Waals surface area contributed by atoms with Gasteiger partial charge in [-0.2, -0.15) is 0 Å². The molecule has 0 aliphatic heterocycles. The Morgan fingerprint density at radius 3 is 2.50 bits per heavy atom. The molecule has 0 unspecified atom stereocenters. The first-order valence-corrected chi connectivity index (χ1v) is 3.70. The highest BCUT2D eigenvalue weighted by molar-refractivity contribution is 5.28. The van der Waals surface area contributed by atoms with Gasteiger partial charge in [-0.05, 0) is 25.8 Å². The minimum Gasteiger partial charge on any atom is -0.0956 e. The topological polar surface area (TPSA) is 0 Å². The molecule has 0 aliphatic rings. The van der Waals surface area contributed by atoms with Gasteiger partial charge in [0.2, 0.25) is 0 Å². The molecule has 0 nitrogen and oxygen atoms in total. The molecule has 0 heterocycles. The van der Waals surface area contributed by atoms with Crippen LogP contribution in [-0.2, 0) is 0 Å². The van der Waals surface area contributed by atoms with Crippen LogP contribution in [0.2, 0.25) is 0 Å². The highest BCUT2D eigenvalue weighted by Crippen LogP contribution is 2.09. The Morgan fingerprint density at radius 1 is 1.50 bits per heavy atom. The highest BCUT2D eigenvalue weighted by atomic mass is 13.9. The minimum atomic E-state index is 1.04. The van der Waals surface area contributed by atoms with Gasteiger partial charge in [-0.1, -0.05) is 37.3 Å². The molecule has 0 aromatic rings. The van der Waals surface area contributed by atoms with E-state index in [9.17, 15) is 0 Å². The van der Waals surface area contributed by atoms with E-state index >= 15 is 0 Å². The second-order valence-electron chi connectivity index (χ2n) is 2.33. The molecule has 0 atom stereocenters. The van der Waals surface area contributed by atoms with Crippen LogP contribution in [0.3, 0.4) is 0 Å². The molecule has 0 rings (SSSR count). The normalized spacial score (nSPS) is 12.5. The van der Waals surface area contributed by atoms with E-state index in [-0.39, 0.29) is 0 Å². The van der Waals surface area contributed by atoms with Crippen LogP contribution in [0.1, 0.15) is 27.2 Å². The fraction of sp³-hybridized carbons (Fsp3) is 0.400. The first-order chi connectivity index (χ1) is 4.72. The number of rotatable bonds is 3. The quantitative estimate of drug-likeness (QED) is 0.521. The van der Waals surface area contributed by atoms with Gasteiger partial charge in [-0.3, -0.25) is 0 Å². The van der Waals surface area contributed by atoms with Crippen LogP contribution in [-0.4, -0.2) is 0 Å². The number of hydrogen-bond donors (Lipinski definition) is 0. The summed E-state index contributed by atoms with van der Waals surface area (Å²) in [5.74, 6) is 0. The number of allylic oxidation sites excluding steroid dienone is 5. The summed E-state index contributed by atoms with van der Waals surface area (Å²) >= 11 is 0. The van der Waals surface area contributed by atoms with Crippen molar-refractivity contribution >= 4 is 0 Å². The maximum atomic E-state index is 3.92. The summed E-state index contributed by atoms with van der Waals surface area (Å²) in [6.45, 7) is 10.1. The fourth-order valence-electron chi connectivity index (χ4n) is 0.637. The van der Waals surface area contributed by atoms with Gasteiger partial charge in [0.25, 0.3) is 0 Å². The maximum Gasteiger partial charge on any atom is -0.0311 e. The van der Waals surface area contributed by atoms with Crippen molar-refractivity contribution in [1.82, 2.24) is 0 Å². The molecule has 0 aliphatic carbocycles. The Bertz CT molecular complexity index is 159. The van der Waals surface area contributed by atoms with Gasteiger partial charge in [0, 0.05) is 0 Å². The molecule has 0 aromatic heterocycles. The van der Waals surface area contributed by atoms with Gasteiger partial charge in [0.15, 0.2) is 0 Å². The van der Waals surface area contributed by atoms with Crippen LogP contribution in [0, 0.1) is 0 Å². The lowest BCUT2D eigenvalue weighted by Gasteiger charge is -1.98. The molecule has 10 heavy (non-hydrogen) atoms. The van der Waals surface area contributed by atoms with E-state index in [2.05, 4.69) is 26.5 Å². The fourth-order valence-corrected chi connectivity index (χ4v) is 0.637. The monoisotopic (exact) mass is 136 g/mol. The third kappa shape index (κ3) is 3.29. The summed E-state index contributed by atoms with van der Waals surface area (Å²) in [6.07, 6.45) is 7.19. The zero-order valence-electron chi connectivity index (χ0n) is 7.15. The van der Waals surface area contributed by atoms with Gasteiger partial charge >= 0.3 is 0 Å². The van der Waals surface area contributed by atoms with Crippen molar-refractivity contribution < 1.29 is 0 Å². The molecular weight excluding hydrogens is 120 g/mol. The van der Waals surface area contributed by atoms with Crippen LogP contribution >= 0.6 is 0 Å². The van der Waals surface area contributed by atoms with Crippen molar-refractivity contribution in [3.63, 3.8) is 0 Å². The van der Waals surface area contributed by atoms with Crippen LogP contribution in [0.15, 0.2) is 36.0 Å². The van der Waals surface area contributed by atoms with Crippen LogP contribution in [0.4, 0.5) is 0 Å². The Kier molecular flexibility index (Phi) is 4.65. The largest absolute Gasteiger partial charge is 0.0956 e. The average molecular weight is 136 g/mol. The SMILES string of the molecule is C=C(CC)/C(C)=C\C=C/C. The molecule has 0 bridgehead atoms. The summed E-state index contributed by atoms with van der Waals surface area (Å²) in [5.41, 5.74) is 2.50. The third-order valence-corrected chi connectivity index (χ3v) is 1.52. The summed E-state index contributed by atoms with van der Waals surface area (Å²) in [7, 11) is 0. The summed E-state index contributed by atoms with van der Waals surface area (Å²) < 4.78 is 0. The summed E-state index contributed by atoms with van der Waals surface area (Å²) in [6, 6.07) is 0. The van der Waals surface area contributed by atoms with Crippen molar-refractivity contribution in [2.45, 2.75) is 27.2 Å². The molecule has 0 N–H and O–H groups in total. The van der Waals surface area contributed by atoms with Gasteiger partial charge < -0.3 is 0 Å². The lowest BCUT2D eigenvalue weighted by atomic mass is 10.1. The first-order valence-electron chi connectivity index (χ1n) is 3.70. The van der Waals surface area contributed by atoms with Crippen molar-refractivity contribution in [2.75, 3.05) is 0 Å². The van der Waals surface area contributed by atoms with Crippen molar-refractivity contribution in [1.29, 1.82) is 0 Å². The van der Waals surface area contributed by atoms with Gasteiger partial charge in [0.05, 0.1) is 0 Å². The van der Waals surface area contributed by atoms with E-state index in [1.54, 1.807) is 0 Å². The maximum absolute atomic E-state index is 3.92. The molecule has 56 valence electrons. The smallest absolute Gasteiger partial charge is 0.0311 e. The minimum absolute atomic E-state index is 1.04. The second-order valence-corrected chi connectivity index (χ2v) is 2.33. The van der Waals surface area contributed by atoms with E-state index in [4.69, 9.17) is 0 Å². The molecule has 0 aromatic carbocycles. The van der Waals surface area contributed by atoms with E-state index in [1.807, 2.05) is 19.1 Å². The van der Waals surface area contributed by atoms with Crippen LogP contribution in [0.25, 0.3) is 0 Å². The zero-order valence-corrected chi connectivity index (χ0v) is 7.15. The molecular formula is C10H16. The molecule has 0 spiro atoms. The Hall–Kier alpha value is -0.780. The second kappa shape index (κ2) is 5.04. The van der Waals surface area contributed by atoms with Crippen LogP contribution < -0.4 is 0 Å². The molecule has 0 saturated carbocycles. The number of hydrogen-bond acceptors (Lipinski definition) is 0. The van der Waals surface area contributed by atoms with Gasteiger partial charge in [-0.15, -0.1) is 0 Å². The van der Waals surface area contributed by atoms with E-state index in [1.165, 1.54) is 11.1 Å². The van der Waals surface area contributed by atoms with Crippen molar-refractivity contribution in [2.24, 2.45) is 0 Å². The highest BCUT2D eigenvalue weighted by Gasteiger charge is 1.89. The Labute approximate surface area is 64.0 Å². The van der Waals surface area contributed by atoms with E-state index in [0.717, 1.165) is 6.42 Å². The van der Waals surface area contributed by atoms with Crippen molar-refractivity contribution in [3.05, 3.63) is 36.0 Å². The summed E-state index contributed by atoms with van der Waals surface area (Å²) in [5, 5.41) is 0. The van der Waals surface area contributed by atoms with E-state index in [0.29, 0.717) is 0 Å². The van der Waals surface area contributed by atoms with E-state index < -0.39 is 0 Å². The zero-order chi connectivity index (χ0) is 7.98. The summed E-state index contributed by atoms with van der Waals surface area (Å²) in [4.78, 5) is 0. The molecule has 0 saturated heterocycles. The first kappa shape index (κ1) is 9.22. The van der Waals surface area contributed by atoms with Crippen molar-refractivity contribution in [3.8, 4) is 0 Å². The predicted molar refractivity (Wildman–Crippen MR) is 48.0 cm³/mol. The molecule has 0 heteroatoms. The van der Waals surface area contributed by atoms with Crippen LogP contribution in [0.5, 0.6) is 0 Å². The Morgan fingerprint density at radius 2 is 2.10 bits per heavy atom. The average Bonchev–Trinajstić information content (AvgIpc) is 1.98. The lowest BCUT2D eigenvalue weighted by molar-refractivity contribution is 1.11. The predicted octanol–water partition coefficient (Wildman–Crippen LogP) is 3.48. The Balaban J connectivity index is 4.05. The van der Waals surface area contributed by atoms with Gasteiger partial charge in [0.1, 0.15) is 0 Å². The lowest BCUT2D eigenvalue weighted by Crippen LogP contribution is -1.78. The van der Waals surface area contributed by atoms with Gasteiger partial charge in [-0.25, -0.2) is 0 Å². The third-order valence-electron chi connectivity index (χ3n) is 1.52. The molecule has 0 radical (unpaired) electrons. The standard InChI is InChI=1S/C10H16/c1-5-7-8-10(4)9(3)6-2/h5,7-8H,3,6H2,1-2,4H3/b7-5-,10-8-. The molecule has 0 fully saturated rings.